The summed E-state index contributed by atoms with van der Waals surface area (Å²) in [5.41, 5.74) is -5.02. The van der Waals surface area contributed by atoms with Gasteiger partial charge in [0.25, 0.3) is 0 Å². The second-order valence-electron chi connectivity index (χ2n) is 28.4. The highest BCUT2D eigenvalue weighted by Gasteiger charge is 2.43. The van der Waals surface area contributed by atoms with Gasteiger partial charge in [-0.05, 0) is 136 Å². The highest BCUT2D eigenvalue weighted by molar-refractivity contribution is 6.00. The number of carbonyl (C=O) groups excluding carboxylic acids is 12. The number of amides is 10. The number of ketones is 1. The quantitative estimate of drug-likeness (QED) is 0.0310. The van der Waals surface area contributed by atoms with Gasteiger partial charge in [0.2, 0.25) is 59.1 Å². The van der Waals surface area contributed by atoms with Crippen LogP contribution in [0.25, 0.3) is 0 Å². The van der Waals surface area contributed by atoms with Crippen LogP contribution in [0.2, 0.25) is 0 Å². The number of allylic oxidation sites excluding steroid dienone is 1. The van der Waals surface area contributed by atoms with Gasteiger partial charge in [0, 0.05) is 44.9 Å². The van der Waals surface area contributed by atoms with Crippen LogP contribution in [-0.2, 0) is 67.1 Å². The summed E-state index contributed by atoms with van der Waals surface area (Å²) in [6.07, 6.45) is 0.337. The largest absolute Gasteiger partial charge is 0.481 e. The second-order valence-corrected chi connectivity index (χ2v) is 28.4. The minimum absolute atomic E-state index is 0.00388. The Morgan fingerprint density at radius 2 is 1.17 bits per heavy atom. The lowest BCUT2D eigenvalue weighted by Gasteiger charge is -2.34. The van der Waals surface area contributed by atoms with Gasteiger partial charge >= 0.3 is 11.9 Å². The molecule has 0 aromatic heterocycles. The number of hydrogen-bond donors (Lipinski definition) is 11. The third-order valence-electron chi connectivity index (χ3n) is 15.9. The fourth-order valence-corrected chi connectivity index (χ4v) is 10.3. The zero-order valence-corrected chi connectivity index (χ0v) is 59.1. The van der Waals surface area contributed by atoms with Crippen LogP contribution in [0.1, 0.15) is 195 Å². The molecule has 1 aliphatic heterocycles. The minimum Gasteiger partial charge on any atom is -0.481 e. The molecule has 1 rings (SSSR count). The molecule has 27 heteroatoms. The molecule has 0 spiro atoms. The standard InChI is InChI=1S/C66H115N11O16/c1-21-40(9)23-24-51(80)77-35-42(11)33-49(77)59(88)70-48(32-41(10)31-45(34-44(78)22-2)93-53(83)26-25-52(81)82)57(86)72-54(55(84)39(7)8)60(89)74-65(15,16)62(91)71-46(29-37(3)4)56(85)69-47(30-38(5)6)58(87)73-66(17,18)63(92)75-64(13,14)61(90)67-28-27-50(79)68-43(12)36-76(19)20/h23-24,37-43,45-49,54-55,84H,21-22,25-36H2,1-20H3,(H,67,90)(H,68,79)(H,69,85)(H,70,88)(H,71,91)(H,72,86)(H,73,87)(H,74,89)(H,75,92)(H,81,82)/b24-23+. The summed E-state index contributed by atoms with van der Waals surface area (Å²) in [6.45, 7) is 30.6. The van der Waals surface area contributed by atoms with E-state index in [0.717, 1.165) is 6.42 Å². The van der Waals surface area contributed by atoms with Crippen LogP contribution in [0.5, 0.6) is 0 Å². The molecule has 0 bridgehead atoms. The molecule has 1 heterocycles. The number of likely N-dealkylation sites (N-methyl/N-ethyl adjacent to an activating group) is 1. The van der Waals surface area contributed by atoms with Gasteiger partial charge in [-0.3, -0.25) is 62.3 Å². The minimum atomic E-state index is -1.88. The average molecular weight is 1320 g/mol. The van der Waals surface area contributed by atoms with Gasteiger partial charge in [-0.2, -0.15) is 0 Å². The van der Waals surface area contributed by atoms with E-state index in [2.05, 4.69) is 47.9 Å². The van der Waals surface area contributed by atoms with E-state index >= 15 is 0 Å². The van der Waals surface area contributed by atoms with Gasteiger partial charge in [0.15, 0.2) is 0 Å². The first-order chi connectivity index (χ1) is 42.9. The maximum absolute atomic E-state index is 14.8. The Morgan fingerprint density at radius 3 is 1.71 bits per heavy atom. The predicted octanol–water partition coefficient (Wildman–Crippen LogP) is 2.69. The highest BCUT2D eigenvalue weighted by atomic mass is 16.5. The van der Waals surface area contributed by atoms with Crippen molar-refractivity contribution in [1.82, 2.24) is 57.7 Å². The fourth-order valence-electron chi connectivity index (χ4n) is 10.3. The molecule has 1 aliphatic rings. The first-order valence-electron chi connectivity index (χ1n) is 32.9. The maximum Gasteiger partial charge on any atom is 0.306 e. The SMILES string of the molecule is CCC(=O)CC(CC(C)CC(NC(=O)C1CC(C)CN1C(=O)/C=C/C(C)CC)C(=O)NC(C(=O)NC(C)(C)C(=O)NC(CC(C)C)C(=O)NC(CC(C)C)C(=O)NC(C)(C)C(=O)NC(C)(C)C(=O)NCCC(=O)NC(C)CN(C)C)C(O)C(C)C)OC(=O)CCC(=O)O. The number of aliphatic carboxylic acids is 1. The van der Waals surface area contributed by atoms with Crippen LogP contribution in [-0.4, -0.2) is 196 Å². The first kappa shape index (κ1) is 84.0. The normalized spacial score (nSPS) is 17.4. The molecule has 0 radical (unpaired) electrons. The average Bonchev–Trinajstić information content (AvgIpc) is 1.80. The summed E-state index contributed by atoms with van der Waals surface area (Å²) in [4.78, 5) is 180. The monoisotopic (exact) mass is 1320 g/mol. The highest BCUT2D eigenvalue weighted by Crippen LogP contribution is 2.26. The van der Waals surface area contributed by atoms with Crippen molar-refractivity contribution >= 4 is 76.8 Å². The van der Waals surface area contributed by atoms with Gasteiger partial charge in [-0.15, -0.1) is 0 Å². The van der Waals surface area contributed by atoms with Gasteiger partial charge in [0.1, 0.15) is 58.7 Å². The number of nitrogens with one attached hydrogen (secondary N) is 9. The number of carboxylic acids is 1. The number of carboxylic acid groups (broad SMARTS) is 1. The molecule has 1 saturated heterocycles. The third kappa shape index (κ3) is 30.7. The lowest BCUT2D eigenvalue weighted by Crippen LogP contribution is -2.66. The van der Waals surface area contributed by atoms with Crippen molar-refractivity contribution in [3.8, 4) is 0 Å². The Kier molecular flexibility index (Phi) is 35.2. The smallest absolute Gasteiger partial charge is 0.306 e. The summed E-state index contributed by atoms with van der Waals surface area (Å²) in [5.74, 6) is -11.2. The van der Waals surface area contributed by atoms with Crippen molar-refractivity contribution in [3.05, 3.63) is 12.2 Å². The van der Waals surface area contributed by atoms with Crippen molar-refractivity contribution in [2.24, 2.45) is 35.5 Å². The number of nitrogens with zero attached hydrogens (tertiary/aromatic N) is 2. The van der Waals surface area contributed by atoms with Crippen LogP contribution in [0.4, 0.5) is 0 Å². The lowest BCUT2D eigenvalue weighted by molar-refractivity contribution is -0.154. The zero-order valence-electron chi connectivity index (χ0n) is 59.1. The Morgan fingerprint density at radius 1 is 0.634 bits per heavy atom. The van der Waals surface area contributed by atoms with E-state index in [-0.39, 0.29) is 106 Å². The van der Waals surface area contributed by atoms with Gasteiger partial charge < -0.3 is 72.6 Å². The molecule has 11 atom stereocenters. The first-order valence-corrected chi connectivity index (χ1v) is 32.9. The summed E-state index contributed by atoms with van der Waals surface area (Å²) >= 11 is 0. The topological polar surface area (TPSA) is 386 Å². The molecule has 0 aromatic rings. The van der Waals surface area contributed by atoms with E-state index in [1.807, 2.05) is 60.5 Å². The molecular formula is C66H115N11O16. The van der Waals surface area contributed by atoms with E-state index in [0.29, 0.717) is 6.54 Å². The fraction of sp³-hybridized carbons (Fsp3) is 0.773. The van der Waals surface area contributed by atoms with Crippen LogP contribution >= 0.6 is 0 Å². The third-order valence-corrected chi connectivity index (χ3v) is 15.9. The molecule has 10 amide bonds. The lowest BCUT2D eigenvalue weighted by atomic mass is 9.92. The number of aliphatic hydroxyl groups is 1. The van der Waals surface area contributed by atoms with Crippen molar-refractivity contribution in [2.45, 2.75) is 260 Å². The Bertz CT molecular complexity index is 2600. The molecule has 93 heavy (non-hydrogen) atoms. The van der Waals surface area contributed by atoms with Crippen LogP contribution in [0.15, 0.2) is 12.2 Å². The van der Waals surface area contributed by atoms with Crippen molar-refractivity contribution in [3.63, 3.8) is 0 Å². The van der Waals surface area contributed by atoms with Crippen LogP contribution in [0, 0.1) is 35.5 Å². The molecule has 11 unspecified atom stereocenters. The molecular weight excluding hydrogens is 1200 g/mol. The van der Waals surface area contributed by atoms with E-state index in [9.17, 15) is 67.4 Å². The summed E-state index contributed by atoms with van der Waals surface area (Å²) in [6, 6.07) is -6.96. The molecule has 0 aliphatic carbocycles. The number of rotatable bonds is 41. The summed E-state index contributed by atoms with van der Waals surface area (Å²) < 4.78 is 5.58. The number of carbonyl (C=O) groups is 13. The van der Waals surface area contributed by atoms with Crippen molar-refractivity contribution in [2.75, 3.05) is 33.7 Å². The number of esters is 1. The van der Waals surface area contributed by atoms with Gasteiger partial charge in [0.05, 0.1) is 18.9 Å². The number of hydrogen-bond acceptors (Lipinski definition) is 16. The summed E-state index contributed by atoms with van der Waals surface area (Å²) in [7, 11) is 3.76. The zero-order chi connectivity index (χ0) is 71.6. The van der Waals surface area contributed by atoms with Crippen molar-refractivity contribution < 1.29 is 77.3 Å². The molecule has 27 nitrogen and oxygen atoms in total. The Balaban J connectivity index is 3.57. The molecule has 0 aromatic carbocycles. The van der Waals surface area contributed by atoms with E-state index in [1.165, 1.54) is 52.5 Å². The Labute approximate surface area is 551 Å². The van der Waals surface area contributed by atoms with E-state index in [4.69, 9.17) is 9.84 Å². The Hall–Kier alpha value is -7.03. The number of likely N-dealkylation sites (tertiary alicyclic amines) is 1. The molecule has 0 saturated carbocycles. The van der Waals surface area contributed by atoms with Crippen LogP contribution in [0.3, 0.4) is 0 Å². The number of aliphatic hydroxyl groups excluding tert-OH is 1. The summed E-state index contributed by atoms with van der Waals surface area (Å²) in [5, 5.41) is 45.1. The molecule has 1 fully saturated rings. The van der Waals surface area contributed by atoms with Gasteiger partial charge in [-0.25, -0.2) is 0 Å². The van der Waals surface area contributed by atoms with Gasteiger partial charge in [-0.1, -0.05) is 88.7 Å². The molecule has 530 valence electrons. The van der Waals surface area contributed by atoms with E-state index in [1.54, 1.807) is 47.6 Å². The maximum atomic E-state index is 14.8. The predicted molar refractivity (Wildman–Crippen MR) is 351 cm³/mol. The van der Waals surface area contributed by atoms with Crippen LogP contribution < -0.4 is 47.9 Å². The number of ether oxygens (including phenoxy) is 1. The molecule has 11 N–H and O–H groups in total. The van der Waals surface area contributed by atoms with Crippen molar-refractivity contribution in [1.29, 1.82) is 0 Å². The van der Waals surface area contributed by atoms with E-state index < -0.39 is 149 Å². The number of Topliss-reactive ketones (excluding diaryl/α,β-unsaturated/α-hetero) is 1. The second kappa shape index (κ2) is 39.0.